The summed E-state index contributed by atoms with van der Waals surface area (Å²) in [6, 6.07) is 7.91. The molecule has 0 radical (unpaired) electrons. The van der Waals surface area contributed by atoms with E-state index in [0.717, 1.165) is 9.37 Å². The Morgan fingerprint density at radius 1 is 1.53 bits per heavy atom. The molecule has 17 heavy (non-hydrogen) atoms. The van der Waals surface area contributed by atoms with Crippen molar-refractivity contribution in [3.63, 3.8) is 0 Å². The molecule has 1 amide bonds. The number of nitrogens with one attached hydrogen (secondary N) is 1. The zero-order chi connectivity index (χ0) is 12.7. The van der Waals surface area contributed by atoms with Crippen LogP contribution in [0, 0.1) is 0 Å². The van der Waals surface area contributed by atoms with Crippen LogP contribution in [0.5, 0.6) is 0 Å². The molecule has 0 aliphatic heterocycles. The van der Waals surface area contributed by atoms with Crippen LogP contribution in [0.15, 0.2) is 33.6 Å². The lowest BCUT2D eigenvalue weighted by Gasteiger charge is -2.12. The summed E-state index contributed by atoms with van der Waals surface area (Å²) < 4.78 is 5.97. The van der Waals surface area contributed by atoms with Crippen LogP contribution in [-0.4, -0.2) is 31.4 Å². The first kappa shape index (κ1) is 14.5. The van der Waals surface area contributed by atoms with E-state index in [1.165, 1.54) is 11.8 Å². The molecule has 0 saturated heterocycles. The Kier molecular flexibility index (Phi) is 6.62. The lowest BCUT2D eigenvalue weighted by atomic mass is 10.3. The minimum atomic E-state index is 0.0234. The molecule has 0 aromatic heterocycles. The van der Waals surface area contributed by atoms with Crippen LogP contribution >= 0.6 is 27.7 Å². The minimum Gasteiger partial charge on any atom is -0.383 e. The van der Waals surface area contributed by atoms with Gasteiger partial charge in [-0.05, 0) is 35.0 Å². The Bertz CT molecular complexity index is 373. The quantitative estimate of drug-likeness (QED) is 0.820. The van der Waals surface area contributed by atoms with Crippen LogP contribution in [0.1, 0.15) is 6.92 Å². The summed E-state index contributed by atoms with van der Waals surface area (Å²) in [5.41, 5.74) is 0. The zero-order valence-electron chi connectivity index (χ0n) is 9.90. The predicted octanol–water partition coefficient (Wildman–Crippen LogP) is 2.69. The Balaban J connectivity index is 2.36. The highest BCUT2D eigenvalue weighted by atomic mass is 79.9. The summed E-state index contributed by atoms with van der Waals surface area (Å²) >= 11 is 4.97. The number of hydrogen-bond acceptors (Lipinski definition) is 3. The molecule has 0 aliphatic carbocycles. The Hall–Kier alpha value is -0.520. The van der Waals surface area contributed by atoms with Crippen LogP contribution in [0.25, 0.3) is 0 Å². The molecule has 1 unspecified atom stereocenters. The van der Waals surface area contributed by atoms with E-state index in [4.69, 9.17) is 4.74 Å². The van der Waals surface area contributed by atoms with Gasteiger partial charge in [-0.15, -0.1) is 11.8 Å². The molecule has 1 atom stereocenters. The third-order valence-electron chi connectivity index (χ3n) is 2.02. The maximum absolute atomic E-state index is 11.6. The lowest BCUT2D eigenvalue weighted by molar-refractivity contribution is -0.119. The molecule has 0 spiro atoms. The number of carbonyl (C=O) groups excluding carboxylic acids is 1. The van der Waals surface area contributed by atoms with E-state index < -0.39 is 0 Å². The fourth-order valence-corrected chi connectivity index (χ4v) is 2.69. The van der Waals surface area contributed by atoms with Gasteiger partial charge in [-0.1, -0.05) is 12.1 Å². The van der Waals surface area contributed by atoms with E-state index >= 15 is 0 Å². The summed E-state index contributed by atoms with van der Waals surface area (Å²) in [5.74, 6) is 0.437. The van der Waals surface area contributed by atoms with Crippen LogP contribution in [0.4, 0.5) is 0 Å². The standard InChI is InChI=1S/C12H16BrNO2S/c1-9(7-16-2)14-12(15)8-17-11-6-4-3-5-10(11)13/h3-6,9H,7-8H2,1-2H3,(H,14,15). The van der Waals surface area contributed by atoms with E-state index in [1.54, 1.807) is 7.11 Å². The van der Waals surface area contributed by atoms with Gasteiger partial charge in [0, 0.05) is 22.5 Å². The molecule has 0 fully saturated rings. The van der Waals surface area contributed by atoms with E-state index in [2.05, 4.69) is 21.2 Å². The van der Waals surface area contributed by atoms with E-state index in [-0.39, 0.29) is 11.9 Å². The first-order chi connectivity index (χ1) is 8.13. The number of benzene rings is 1. The third-order valence-corrected chi connectivity index (χ3v) is 4.05. The van der Waals surface area contributed by atoms with E-state index in [1.807, 2.05) is 31.2 Å². The van der Waals surface area contributed by atoms with Gasteiger partial charge in [0.2, 0.25) is 5.91 Å². The molecule has 0 aliphatic rings. The topological polar surface area (TPSA) is 38.3 Å². The van der Waals surface area contributed by atoms with Crippen LogP contribution in [-0.2, 0) is 9.53 Å². The third kappa shape index (κ3) is 5.57. The predicted molar refractivity (Wildman–Crippen MR) is 74.3 cm³/mol. The number of methoxy groups -OCH3 is 1. The van der Waals surface area contributed by atoms with Gasteiger partial charge in [-0.25, -0.2) is 0 Å². The number of thioether (sulfide) groups is 1. The van der Waals surface area contributed by atoms with Crippen molar-refractivity contribution in [2.45, 2.75) is 17.9 Å². The largest absolute Gasteiger partial charge is 0.383 e. The Morgan fingerprint density at radius 3 is 2.88 bits per heavy atom. The van der Waals surface area contributed by atoms with Gasteiger partial charge in [0.1, 0.15) is 0 Å². The lowest BCUT2D eigenvalue weighted by Crippen LogP contribution is -2.36. The number of amides is 1. The van der Waals surface area contributed by atoms with Crippen LogP contribution in [0.2, 0.25) is 0 Å². The van der Waals surface area contributed by atoms with Crippen molar-refractivity contribution in [3.05, 3.63) is 28.7 Å². The van der Waals surface area contributed by atoms with Crippen molar-refractivity contribution in [1.82, 2.24) is 5.32 Å². The van der Waals surface area contributed by atoms with Crippen molar-refractivity contribution in [3.8, 4) is 0 Å². The monoisotopic (exact) mass is 317 g/mol. The number of hydrogen-bond donors (Lipinski definition) is 1. The molecule has 1 N–H and O–H groups in total. The first-order valence-corrected chi connectivity index (χ1v) is 7.07. The van der Waals surface area contributed by atoms with Crippen LogP contribution < -0.4 is 5.32 Å². The molecule has 0 bridgehead atoms. The molecule has 5 heteroatoms. The molecule has 0 saturated carbocycles. The van der Waals surface area contributed by atoms with Crippen molar-refractivity contribution in [2.24, 2.45) is 0 Å². The summed E-state index contributed by atoms with van der Waals surface area (Å²) in [5, 5.41) is 2.87. The van der Waals surface area contributed by atoms with Crippen molar-refractivity contribution in [2.75, 3.05) is 19.5 Å². The summed E-state index contributed by atoms with van der Waals surface area (Å²) in [6.45, 7) is 2.45. The molecule has 1 aromatic rings. The zero-order valence-corrected chi connectivity index (χ0v) is 12.3. The molecule has 94 valence electrons. The Morgan fingerprint density at radius 2 is 2.24 bits per heavy atom. The summed E-state index contributed by atoms with van der Waals surface area (Å²) in [6.07, 6.45) is 0. The molecule has 3 nitrogen and oxygen atoms in total. The highest BCUT2D eigenvalue weighted by Gasteiger charge is 2.08. The second-order valence-electron chi connectivity index (χ2n) is 3.64. The van der Waals surface area contributed by atoms with Gasteiger partial charge >= 0.3 is 0 Å². The number of carbonyl (C=O) groups is 1. The molecule has 0 heterocycles. The second kappa shape index (κ2) is 7.74. The van der Waals surface area contributed by atoms with Crippen LogP contribution in [0.3, 0.4) is 0 Å². The normalized spacial score (nSPS) is 12.2. The molecule has 1 rings (SSSR count). The van der Waals surface area contributed by atoms with Gasteiger partial charge in [0.15, 0.2) is 0 Å². The van der Waals surface area contributed by atoms with E-state index in [0.29, 0.717) is 12.4 Å². The van der Waals surface area contributed by atoms with Gasteiger partial charge in [-0.3, -0.25) is 4.79 Å². The summed E-state index contributed by atoms with van der Waals surface area (Å²) in [4.78, 5) is 12.7. The molecule has 1 aromatic carbocycles. The van der Waals surface area contributed by atoms with Crippen molar-refractivity contribution >= 4 is 33.6 Å². The number of halogens is 1. The fraction of sp³-hybridized carbons (Fsp3) is 0.417. The second-order valence-corrected chi connectivity index (χ2v) is 5.51. The van der Waals surface area contributed by atoms with Crippen molar-refractivity contribution in [1.29, 1.82) is 0 Å². The van der Waals surface area contributed by atoms with Gasteiger partial charge in [-0.2, -0.15) is 0 Å². The average molecular weight is 318 g/mol. The minimum absolute atomic E-state index is 0.0234. The smallest absolute Gasteiger partial charge is 0.230 e. The molecular weight excluding hydrogens is 302 g/mol. The number of rotatable bonds is 6. The summed E-state index contributed by atoms with van der Waals surface area (Å²) in [7, 11) is 1.62. The maximum atomic E-state index is 11.6. The highest BCUT2D eigenvalue weighted by Crippen LogP contribution is 2.26. The van der Waals surface area contributed by atoms with E-state index in [9.17, 15) is 4.79 Å². The van der Waals surface area contributed by atoms with Gasteiger partial charge in [0.05, 0.1) is 12.4 Å². The highest BCUT2D eigenvalue weighted by molar-refractivity contribution is 9.10. The first-order valence-electron chi connectivity index (χ1n) is 5.29. The maximum Gasteiger partial charge on any atom is 0.230 e. The van der Waals surface area contributed by atoms with Gasteiger partial charge in [0.25, 0.3) is 0 Å². The fourth-order valence-electron chi connectivity index (χ4n) is 1.31. The number of ether oxygens (including phenoxy) is 1. The Labute approximate surface area is 114 Å². The average Bonchev–Trinajstić information content (AvgIpc) is 2.28. The SMILES string of the molecule is COCC(C)NC(=O)CSc1ccccc1Br. The van der Waals surface area contributed by atoms with Crippen molar-refractivity contribution < 1.29 is 9.53 Å². The molecular formula is C12H16BrNO2S. The van der Waals surface area contributed by atoms with Gasteiger partial charge < -0.3 is 10.1 Å².